The number of rotatable bonds is 4. The average Bonchev–Trinajstić information content (AvgIpc) is 2.96. The van der Waals surface area contributed by atoms with Gasteiger partial charge in [-0.1, -0.05) is 5.16 Å². The Bertz CT molecular complexity index is 550. The Labute approximate surface area is 116 Å². The molecule has 0 amide bonds. The summed E-state index contributed by atoms with van der Waals surface area (Å²) in [6.07, 6.45) is 2.24. The molecule has 1 fully saturated rings. The molecule has 6 heteroatoms. The third-order valence-electron chi connectivity index (χ3n) is 3.33. The molecule has 106 valence electrons. The molecule has 2 heterocycles. The third kappa shape index (κ3) is 3.14. The summed E-state index contributed by atoms with van der Waals surface area (Å²) < 4.78 is 23.4. The predicted octanol–water partition coefficient (Wildman–Crippen LogP) is 2.71. The first-order valence-corrected chi connectivity index (χ1v) is 6.72. The van der Waals surface area contributed by atoms with Crippen molar-refractivity contribution in [2.24, 2.45) is 5.92 Å². The third-order valence-corrected chi connectivity index (χ3v) is 3.33. The molecule has 1 aliphatic heterocycles. The van der Waals surface area contributed by atoms with Gasteiger partial charge in [0.15, 0.2) is 0 Å². The Hall–Kier alpha value is -1.95. The minimum absolute atomic E-state index is 0.284. The van der Waals surface area contributed by atoms with E-state index in [9.17, 15) is 4.39 Å². The van der Waals surface area contributed by atoms with E-state index in [1.54, 1.807) is 12.1 Å². The number of aromatic nitrogens is 2. The molecule has 1 aromatic heterocycles. The van der Waals surface area contributed by atoms with Gasteiger partial charge in [-0.25, -0.2) is 4.39 Å². The summed E-state index contributed by atoms with van der Waals surface area (Å²) in [5.41, 5.74) is 0.726. The van der Waals surface area contributed by atoms with Crippen molar-refractivity contribution in [2.45, 2.75) is 12.8 Å². The van der Waals surface area contributed by atoms with Crippen LogP contribution in [0.5, 0.6) is 0 Å². The normalized spacial score (nSPS) is 18.9. The molecule has 1 aromatic carbocycles. The first kappa shape index (κ1) is 13.1. The van der Waals surface area contributed by atoms with Crippen LogP contribution in [0.15, 0.2) is 28.8 Å². The lowest BCUT2D eigenvalue weighted by molar-refractivity contribution is 0.0593. The molecule has 0 radical (unpaired) electrons. The van der Waals surface area contributed by atoms with Crippen molar-refractivity contribution in [3.8, 4) is 11.4 Å². The number of hydrogen-bond acceptors (Lipinski definition) is 5. The van der Waals surface area contributed by atoms with Gasteiger partial charge in [-0.2, -0.15) is 4.98 Å². The zero-order valence-corrected chi connectivity index (χ0v) is 11.0. The van der Waals surface area contributed by atoms with Gasteiger partial charge in [0.1, 0.15) is 5.82 Å². The van der Waals surface area contributed by atoms with Gasteiger partial charge in [0.25, 0.3) is 0 Å². The maximum Gasteiger partial charge on any atom is 0.321 e. The second kappa shape index (κ2) is 6.00. The summed E-state index contributed by atoms with van der Waals surface area (Å²) >= 11 is 0. The molecule has 5 nitrogen and oxygen atoms in total. The van der Waals surface area contributed by atoms with E-state index in [0.717, 1.165) is 38.2 Å². The number of benzene rings is 1. The van der Waals surface area contributed by atoms with Crippen LogP contribution >= 0.6 is 0 Å². The standard InChI is InChI=1S/C14H16FN3O2/c15-12-5-3-11(4-6-12)13-17-14(20-18-13)16-8-10-2-1-7-19-9-10/h3-6,10H,1-2,7-9H2,(H,16,17,18). The molecule has 1 unspecified atom stereocenters. The topological polar surface area (TPSA) is 60.2 Å². The van der Waals surface area contributed by atoms with Crippen LogP contribution in [0.2, 0.25) is 0 Å². The molecule has 1 N–H and O–H groups in total. The molecule has 0 saturated carbocycles. The molecule has 0 aliphatic carbocycles. The van der Waals surface area contributed by atoms with Crippen LogP contribution in [-0.4, -0.2) is 29.9 Å². The minimum atomic E-state index is -0.284. The molecular formula is C14H16FN3O2. The van der Waals surface area contributed by atoms with Crippen molar-refractivity contribution >= 4 is 6.01 Å². The zero-order valence-electron chi connectivity index (χ0n) is 11.0. The highest BCUT2D eigenvalue weighted by molar-refractivity contribution is 5.55. The molecule has 1 saturated heterocycles. The van der Waals surface area contributed by atoms with Crippen LogP contribution < -0.4 is 5.32 Å². The highest BCUT2D eigenvalue weighted by Gasteiger charge is 2.15. The zero-order chi connectivity index (χ0) is 13.8. The number of halogens is 1. The van der Waals surface area contributed by atoms with Gasteiger partial charge >= 0.3 is 6.01 Å². The lowest BCUT2D eigenvalue weighted by atomic mass is 10.0. The molecule has 3 rings (SSSR count). The van der Waals surface area contributed by atoms with Crippen LogP contribution in [0.4, 0.5) is 10.4 Å². The first-order valence-electron chi connectivity index (χ1n) is 6.72. The lowest BCUT2D eigenvalue weighted by Crippen LogP contribution is -2.24. The molecule has 1 aliphatic rings. The van der Waals surface area contributed by atoms with Crippen molar-refractivity contribution in [2.75, 3.05) is 25.1 Å². The first-order chi connectivity index (χ1) is 9.81. The largest absolute Gasteiger partial charge is 0.381 e. The van der Waals surface area contributed by atoms with Crippen LogP contribution in [0, 0.1) is 11.7 Å². The van der Waals surface area contributed by atoms with E-state index < -0.39 is 0 Å². The monoisotopic (exact) mass is 277 g/mol. The van der Waals surface area contributed by atoms with Gasteiger partial charge in [-0.3, -0.25) is 0 Å². The summed E-state index contributed by atoms with van der Waals surface area (Å²) in [5.74, 6) is 0.644. The summed E-state index contributed by atoms with van der Waals surface area (Å²) in [7, 11) is 0. The van der Waals surface area contributed by atoms with Crippen molar-refractivity contribution in [3.05, 3.63) is 30.1 Å². The second-order valence-corrected chi connectivity index (χ2v) is 4.89. The average molecular weight is 277 g/mol. The van der Waals surface area contributed by atoms with Gasteiger partial charge in [0.05, 0.1) is 6.61 Å². The SMILES string of the molecule is Fc1ccc(-c2noc(NCC3CCCOC3)n2)cc1. The minimum Gasteiger partial charge on any atom is -0.381 e. The lowest BCUT2D eigenvalue weighted by Gasteiger charge is -2.21. The second-order valence-electron chi connectivity index (χ2n) is 4.89. The molecule has 1 atom stereocenters. The fraction of sp³-hybridized carbons (Fsp3) is 0.429. The van der Waals surface area contributed by atoms with E-state index >= 15 is 0 Å². The predicted molar refractivity (Wildman–Crippen MR) is 71.7 cm³/mol. The van der Waals surface area contributed by atoms with Crippen molar-refractivity contribution < 1.29 is 13.7 Å². The quantitative estimate of drug-likeness (QED) is 0.931. The number of hydrogen-bond donors (Lipinski definition) is 1. The summed E-state index contributed by atoms with van der Waals surface area (Å²) in [4.78, 5) is 4.24. The van der Waals surface area contributed by atoms with E-state index in [-0.39, 0.29) is 5.82 Å². The van der Waals surface area contributed by atoms with E-state index in [4.69, 9.17) is 9.26 Å². The number of nitrogens with zero attached hydrogens (tertiary/aromatic N) is 2. The fourth-order valence-corrected chi connectivity index (χ4v) is 2.21. The highest BCUT2D eigenvalue weighted by Crippen LogP contribution is 2.19. The molecule has 0 spiro atoms. The Kier molecular flexibility index (Phi) is 3.92. The van der Waals surface area contributed by atoms with Gasteiger partial charge in [-0.15, -0.1) is 0 Å². The fourth-order valence-electron chi connectivity index (χ4n) is 2.21. The number of nitrogens with one attached hydrogen (secondary N) is 1. The van der Waals surface area contributed by atoms with Crippen LogP contribution in [0.1, 0.15) is 12.8 Å². The van der Waals surface area contributed by atoms with Gasteiger partial charge < -0.3 is 14.6 Å². The molecule has 2 aromatic rings. The number of ether oxygens (including phenoxy) is 1. The molecule has 20 heavy (non-hydrogen) atoms. The highest BCUT2D eigenvalue weighted by atomic mass is 19.1. The van der Waals surface area contributed by atoms with E-state index in [1.807, 2.05) is 0 Å². The van der Waals surface area contributed by atoms with Crippen molar-refractivity contribution in [1.29, 1.82) is 0 Å². The number of anilines is 1. The maximum atomic E-state index is 12.8. The van der Waals surface area contributed by atoms with Crippen molar-refractivity contribution in [1.82, 2.24) is 10.1 Å². The summed E-state index contributed by atoms with van der Waals surface area (Å²) in [6.45, 7) is 2.38. The van der Waals surface area contributed by atoms with Crippen LogP contribution in [-0.2, 0) is 4.74 Å². The Morgan fingerprint density at radius 3 is 2.90 bits per heavy atom. The van der Waals surface area contributed by atoms with Crippen LogP contribution in [0.3, 0.4) is 0 Å². The Morgan fingerprint density at radius 1 is 1.30 bits per heavy atom. The summed E-state index contributed by atoms with van der Waals surface area (Å²) in [6, 6.07) is 6.38. The smallest absolute Gasteiger partial charge is 0.321 e. The Morgan fingerprint density at radius 2 is 2.15 bits per heavy atom. The molecular weight excluding hydrogens is 261 g/mol. The van der Waals surface area contributed by atoms with E-state index in [2.05, 4.69) is 15.5 Å². The van der Waals surface area contributed by atoms with Crippen LogP contribution in [0.25, 0.3) is 11.4 Å². The van der Waals surface area contributed by atoms with E-state index in [1.165, 1.54) is 12.1 Å². The van der Waals surface area contributed by atoms with E-state index in [0.29, 0.717) is 17.8 Å². The van der Waals surface area contributed by atoms with Gasteiger partial charge in [0.2, 0.25) is 5.82 Å². The maximum absolute atomic E-state index is 12.8. The van der Waals surface area contributed by atoms with Crippen molar-refractivity contribution in [3.63, 3.8) is 0 Å². The molecule has 0 bridgehead atoms. The Balaban J connectivity index is 1.60. The summed E-state index contributed by atoms with van der Waals surface area (Å²) in [5, 5.41) is 7.00. The van der Waals surface area contributed by atoms with Gasteiger partial charge in [-0.05, 0) is 43.0 Å². The van der Waals surface area contributed by atoms with Gasteiger partial charge in [0, 0.05) is 18.7 Å².